The van der Waals surface area contributed by atoms with Crippen LogP contribution in [0.4, 0.5) is 5.82 Å². The number of aromatic nitrogens is 4. The van der Waals surface area contributed by atoms with E-state index in [0.29, 0.717) is 5.92 Å². The standard InChI is InChI=1S/C22H25ClN6/c1-15-4-3-5-20(24-15)28-10-8-16(9-11-28)22-26-25-21-14-27(2)13-17-12-18(23)6-7-19(17)29(21)22/h3-7,12,16H,8-11,13-14H2,1-2H3. The van der Waals surface area contributed by atoms with Gasteiger partial charge in [-0.15, -0.1) is 10.2 Å². The number of hydrogen-bond donors (Lipinski definition) is 0. The molecule has 0 radical (unpaired) electrons. The highest BCUT2D eigenvalue weighted by atomic mass is 35.5. The summed E-state index contributed by atoms with van der Waals surface area (Å²) in [5.41, 5.74) is 3.45. The topological polar surface area (TPSA) is 50.1 Å². The van der Waals surface area contributed by atoms with E-state index in [-0.39, 0.29) is 0 Å². The number of nitrogens with zero attached hydrogens (tertiary/aromatic N) is 6. The average Bonchev–Trinajstić information content (AvgIpc) is 3.05. The van der Waals surface area contributed by atoms with E-state index in [1.54, 1.807) is 0 Å². The summed E-state index contributed by atoms with van der Waals surface area (Å²) in [6, 6.07) is 12.4. The summed E-state index contributed by atoms with van der Waals surface area (Å²) in [6.07, 6.45) is 2.10. The lowest BCUT2D eigenvalue weighted by molar-refractivity contribution is 0.315. The van der Waals surface area contributed by atoms with Gasteiger partial charge in [-0.25, -0.2) is 4.98 Å². The van der Waals surface area contributed by atoms with Gasteiger partial charge < -0.3 is 4.90 Å². The molecular formula is C22H25ClN6. The number of aryl methyl sites for hydroxylation is 1. The van der Waals surface area contributed by atoms with Crippen molar-refractivity contribution >= 4 is 17.4 Å². The first-order valence-electron chi connectivity index (χ1n) is 10.2. The molecular weight excluding hydrogens is 384 g/mol. The normalized spacial score (nSPS) is 17.7. The molecule has 0 aliphatic carbocycles. The van der Waals surface area contributed by atoms with Crippen molar-refractivity contribution in [3.63, 3.8) is 0 Å². The number of hydrogen-bond acceptors (Lipinski definition) is 5. The van der Waals surface area contributed by atoms with Crippen LogP contribution in [0.5, 0.6) is 0 Å². The first kappa shape index (κ1) is 18.6. The third kappa shape index (κ3) is 3.51. The summed E-state index contributed by atoms with van der Waals surface area (Å²) in [5, 5.41) is 9.99. The summed E-state index contributed by atoms with van der Waals surface area (Å²) < 4.78 is 2.28. The molecule has 0 unspecified atom stereocenters. The molecule has 0 spiro atoms. The molecule has 1 fully saturated rings. The lowest BCUT2D eigenvalue weighted by atomic mass is 9.95. The van der Waals surface area contributed by atoms with Crippen molar-refractivity contribution in [1.29, 1.82) is 0 Å². The molecule has 6 nitrogen and oxygen atoms in total. The molecule has 0 N–H and O–H groups in total. The van der Waals surface area contributed by atoms with Crippen molar-refractivity contribution in [3.05, 3.63) is 64.3 Å². The maximum atomic E-state index is 6.28. The molecule has 0 saturated carbocycles. The van der Waals surface area contributed by atoms with Crippen LogP contribution in [-0.4, -0.2) is 44.8 Å². The maximum Gasteiger partial charge on any atom is 0.151 e. The molecule has 4 heterocycles. The van der Waals surface area contributed by atoms with Crippen LogP contribution >= 0.6 is 11.6 Å². The van der Waals surface area contributed by atoms with E-state index in [1.807, 2.05) is 19.1 Å². The minimum absolute atomic E-state index is 0.393. The van der Waals surface area contributed by atoms with Crippen LogP contribution in [0.3, 0.4) is 0 Å². The molecule has 29 heavy (non-hydrogen) atoms. The van der Waals surface area contributed by atoms with Gasteiger partial charge in [-0.3, -0.25) is 9.47 Å². The highest BCUT2D eigenvalue weighted by molar-refractivity contribution is 6.30. The van der Waals surface area contributed by atoms with E-state index < -0.39 is 0 Å². The molecule has 1 saturated heterocycles. The second kappa shape index (κ2) is 7.43. The minimum atomic E-state index is 0.393. The molecule has 1 aromatic carbocycles. The van der Waals surface area contributed by atoms with Gasteiger partial charge in [-0.05, 0) is 62.7 Å². The van der Waals surface area contributed by atoms with Crippen LogP contribution in [0.2, 0.25) is 5.02 Å². The number of halogens is 1. The molecule has 5 rings (SSSR count). The number of pyridine rings is 1. The Morgan fingerprint density at radius 3 is 2.66 bits per heavy atom. The Bertz CT molecular complexity index is 1040. The monoisotopic (exact) mass is 408 g/mol. The third-order valence-electron chi connectivity index (χ3n) is 5.95. The zero-order chi connectivity index (χ0) is 20.0. The molecule has 2 aliphatic rings. The van der Waals surface area contributed by atoms with Gasteiger partial charge in [0.2, 0.25) is 0 Å². The number of fused-ring (bicyclic) bond motifs is 3. The van der Waals surface area contributed by atoms with Crippen LogP contribution in [0.15, 0.2) is 36.4 Å². The van der Waals surface area contributed by atoms with Crippen LogP contribution in [-0.2, 0) is 13.1 Å². The molecule has 0 bridgehead atoms. The van der Waals surface area contributed by atoms with Gasteiger partial charge in [0.25, 0.3) is 0 Å². The van der Waals surface area contributed by atoms with E-state index in [4.69, 9.17) is 11.6 Å². The summed E-state index contributed by atoms with van der Waals surface area (Å²) in [4.78, 5) is 9.33. The van der Waals surface area contributed by atoms with Crippen molar-refractivity contribution in [1.82, 2.24) is 24.6 Å². The van der Waals surface area contributed by atoms with Crippen LogP contribution in [0.1, 0.15) is 41.7 Å². The first-order chi connectivity index (χ1) is 14.1. The van der Waals surface area contributed by atoms with Crippen LogP contribution in [0, 0.1) is 6.92 Å². The molecule has 3 aromatic rings. The zero-order valence-corrected chi connectivity index (χ0v) is 17.6. The van der Waals surface area contributed by atoms with E-state index in [0.717, 1.165) is 72.9 Å². The number of piperidine rings is 1. The Balaban J connectivity index is 1.44. The van der Waals surface area contributed by atoms with E-state index >= 15 is 0 Å². The Hall–Kier alpha value is -2.44. The molecule has 7 heteroatoms. The molecule has 2 aliphatic heterocycles. The zero-order valence-electron chi connectivity index (χ0n) is 16.8. The Morgan fingerprint density at radius 1 is 1.03 bits per heavy atom. The van der Waals surface area contributed by atoms with Crippen molar-refractivity contribution in [2.24, 2.45) is 0 Å². The largest absolute Gasteiger partial charge is 0.357 e. The minimum Gasteiger partial charge on any atom is -0.357 e. The summed E-state index contributed by atoms with van der Waals surface area (Å²) in [5.74, 6) is 3.55. The van der Waals surface area contributed by atoms with Gasteiger partial charge in [0.15, 0.2) is 5.82 Å². The van der Waals surface area contributed by atoms with Gasteiger partial charge in [-0.1, -0.05) is 17.7 Å². The van der Waals surface area contributed by atoms with E-state index in [9.17, 15) is 0 Å². The molecule has 2 aromatic heterocycles. The second-order valence-electron chi connectivity index (χ2n) is 8.15. The second-order valence-corrected chi connectivity index (χ2v) is 8.59. The first-order valence-corrected chi connectivity index (χ1v) is 10.6. The molecule has 0 atom stereocenters. The van der Waals surface area contributed by atoms with Crippen molar-refractivity contribution < 1.29 is 0 Å². The fourth-order valence-corrected chi connectivity index (χ4v) is 4.71. The summed E-state index contributed by atoms with van der Waals surface area (Å²) >= 11 is 6.28. The lowest BCUT2D eigenvalue weighted by Gasteiger charge is -2.32. The van der Waals surface area contributed by atoms with E-state index in [1.165, 1.54) is 5.56 Å². The van der Waals surface area contributed by atoms with Gasteiger partial charge in [0.1, 0.15) is 11.6 Å². The van der Waals surface area contributed by atoms with Crippen molar-refractivity contribution in [2.75, 3.05) is 25.0 Å². The smallest absolute Gasteiger partial charge is 0.151 e. The average molecular weight is 409 g/mol. The summed E-state index contributed by atoms with van der Waals surface area (Å²) in [7, 11) is 2.11. The maximum absolute atomic E-state index is 6.28. The van der Waals surface area contributed by atoms with Crippen LogP contribution in [0.25, 0.3) is 5.69 Å². The Labute approximate surface area is 176 Å². The SMILES string of the molecule is Cc1cccc(N2CCC(c3nnc4n3-c3ccc(Cl)cc3CN(C)C4)CC2)n1. The van der Waals surface area contributed by atoms with Crippen molar-refractivity contribution in [3.8, 4) is 5.69 Å². The molecule has 0 amide bonds. The predicted octanol–water partition coefficient (Wildman–Crippen LogP) is 3.95. The summed E-state index contributed by atoms with van der Waals surface area (Å²) in [6.45, 7) is 5.65. The highest BCUT2D eigenvalue weighted by Crippen LogP contribution is 2.34. The van der Waals surface area contributed by atoms with Gasteiger partial charge in [0.05, 0.1) is 12.2 Å². The van der Waals surface area contributed by atoms with Gasteiger partial charge >= 0.3 is 0 Å². The number of rotatable bonds is 2. The fraction of sp³-hybridized carbons (Fsp3) is 0.409. The van der Waals surface area contributed by atoms with Crippen molar-refractivity contribution in [2.45, 2.75) is 38.8 Å². The Kier molecular flexibility index (Phi) is 4.76. The van der Waals surface area contributed by atoms with Crippen LogP contribution < -0.4 is 4.90 Å². The van der Waals surface area contributed by atoms with Gasteiger partial charge in [-0.2, -0.15) is 0 Å². The number of benzene rings is 1. The van der Waals surface area contributed by atoms with Gasteiger partial charge in [0, 0.05) is 36.3 Å². The van der Waals surface area contributed by atoms with E-state index in [2.05, 4.69) is 60.9 Å². The predicted molar refractivity (Wildman–Crippen MR) is 115 cm³/mol. The third-order valence-corrected chi connectivity index (χ3v) is 6.18. The molecule has 150 valence electrons. The number of anilines is 1. The fourth-order valence-electron chi connectivity index (χ4n) is 4.52. The lowest BCUT2D eigenvalue weighted by Crippen LogP contribution is -2.34. The Morgan fingerprint density at radius 2 is 1.86 bits per heavy atom. The highest BCUT2D eigenvalue weighted by Gasteiger charge is 2.29. The quantitative estimate of drug-likeness (QED) is 0.642.